The van der Waals surface area contributed by atoms with Crippen LogP contribution in [-0.4, -0.2) is 27.6 Å². The molecule has 0 aromatic heterocycles. The van der Waals surface area contributed by atoms with Gasteiger partial charge in [0.05, 0.1) is 4.91 Å². The fraction of sp³-hybridized carbons (Fsp3) is 0.320. The first-order valence-electron chi connectivity index (χ1n) is 10.7. The van der Waals surface area contributed by atoms with Gasteiger partial charge >= 0.3 is 0 Å². The standard InChI is InChI=1S/C25H28N2O2S2/c1-3-20-9-6-7-10-21(20)26-23(28)11-5-4-8-16-27-24(29)22(31-25(27)30)17-19-14-12-18(2)13-15-19/h6-7,9-10,12-15,17H,3-5,8,11,16H2,1-2H3,(H,26,28)/b22-17-. The Labute approximate surface area is 194 Å². The lowest BCUT2D eigenvalue weighted by Gasteiger charge is -2.14. The molecule has 0 atom stereocenters. The summed E-state index contributed by atoms with van der Waals surface area (Å²) in [6, 6.07) is 16.0. The summed E-state index contributed by atoms with van der Waals surface area (Å²) >= 11 is 6.77. The lowest BCUT2D eigenvalue weighted by Crippen LogP contribution is -2.29. The van der Waals surface area contributed by atoms with Crippen molar-refractivity contribution < 1.29 is 9.59 Å². The molecule has 0 bridgehead atoms. The Kier molecular flexibility index (Phi) is 8.43. The first kappa shape index (κ1) is 23.2. The fourth-order valence-electron chi connectivity index (χ4n) is 3.40. The Morgan fingerprint density at radius 3 is 2.58 bits per heavy atom. The normalized spacial score (nSPS) is 15.0. The third kappa shape index (κ3) is 6.52. The number of thiocarbonyl (C=S) groups is 1. The number of carbonyl (C=O) groups excluding carboxylic acids is 2. The Morgan fingerprint density at radius 1 is 1.10 bits per heavy atom. The van der Waals surface area contributed by atoms with Crippen molar-refractivity contribution in [2.75, 3.05) is 11.9 Å². The van der Waals surface area contributed by atoms with E-state index >= 15 is 0 Å². The van der Waals surface area contributed by atoms with Crippen LogP contribution in [0.25, 0.3) is 6.08 Å². The molecule has 162 valence electrons. The number of benzene rings is 2. The van der Waals surface area contributed by atoms with Crippen LogP contribution in [0.1, 0.15) is 49.3 Å². The predicted octanol–water partition coefficient (Wildman–Crippen LogP) is 5.96. The highest BCUT2D eigenvalue weighted by Crippen LogP contribution is 2.32. The van der Waals surface area contributed by atoms with Crippen molar-refractivity contribution in [1.29, 1.82) is 0 Å². The van der Waals surface area contributed by atoms with E-state index in [2.05, 4.69) is 12.2 Å². The van der Waals surface area contributed by atoms with Gasteiger partial charge < -0.3 is 5.32 Å². The molecular weight excluding hydrogens is 424 g/mol. The Hall–Kier alpha value is -2.44. The smallest absolute Gasteiger partial charge is 0.266 e. The van der Waals surface area contributed by atoms with E-state index in [9.17, 15) is 9.59 Å². The Balaban J connectivity index is 1.42. The fourth-order valence-corrected chi connectivity index (χ4v) is 4.71. The molecule has 2 amide bonds. The van der Waals surface area contributed by atoms with E-state index in [1.165, 1.54) is 17.3 Å². The van der Waals surface area contributed by atoms with E-state index < -0.39 is 0 Å². The molecule has 1 aliphatic heterocycles. The van der Waals surface area contributed by atoms with E-state index in [0.717, 1.165) is 42.5 Å². The minimum Gasteiger partial charge on any atom is -0.326 e. The number of anilines is 1. The van der Waals surface area contributed by atoms with Crippen molar-refractivity contribution in [3.05, 3.63) is 70.1 Å². The van der Waals surface area contributed by atoms with Crippen LogP contribution in [0.3, 0.4) is 0 Å². The second-order valence-corrected chi connectivity index (χ2v) is 9.29. The number of carbonyl (C=O) groups is 2. The number of para-hydroxylation sites is 1. The lowest BCUT2D eigenvalue weighted by molar-refractivity contribution is -0.122. The molecule has 31 heavy (non-hydrogen) atoms. The number of nitrogens with zero attached hydrogens (tertiary/aromatic N) is 1. The summed E-state index contributed by atoms with van der Waals surface area (Å²) in [5, 5.41) is 3.00. The van der Waals surface area contributed by atoms with Crippen LogP contribution < -0.4 is 5.32 Å². The maximum Gasteiger partial charge on any atom is 0.266 e. The minimum absolute atomic E-state index is 0.0236. The Bertz CT molecular complexity index is 983. The van der Waals surface area contributed by atoms with Crippen molar-refractivity contribution in [2.24, 2.45) is 0 Å². The molecular formula is C25H28N2O2S2. The van der Waals surface area contributed by atoms with E-state index in [1.54, 1.807) is 4.90 Å². The number of thioether (sulfide) groups is 1. The first-order chi connectivity index (χ1) is 15.0. The summed E-state index contributed by atoms with van der Waals surface area (Å²) in [4.78, 5) is 27.3. The molecule has 2 aromatic rings. The summed E-state index contributed by atoms with van der Waals surface area (Å²) in [7, 11) is 0. The molecule has 6 heteroatoms. The molecule has 1 saturated heterocycles. The molecule has 1 heterocycles. The predicted molar refractivity (Wildman–Crippen MR) is 134 cm³/mol. The van der Waals surface area contributed by atoms with Crippen LogP contribution in [-0.2, 0) is 16.0 Å². The molecule has 1 aliphatic rings. The van der Waals surface area contributed by atoms with Gasteiger partial charge in [-0.1, -0.05) is 85.4 Å². The zero-order valence-corrected chi connectivity index (χ0v) is 19.7. The summed E-state index contributed by atoms with van der Waals surface area (Å²) < 4.78 is 0.609. The van der Waals surface area contributed by atoms with Crippen molar-refractivity contribution in [3.8, 4) is 0 Å². The van der Waals surface area contributed by atoms with Crippen molar-refractivity contribution >= 4 is 51.9 Å². The SMILES string of the molecule is CCc1ccccc1NC(=O)CCCCCN1C(=O)/C(=C/c2ccc(C)cc2)SC1=S. The van der Waals surface area contributed by atoms with Gasteiger partial charge in [0, 0.05) is 18.7 Å². The van der Waals surface area contributed by atoms with Crippen LogP contribution in [0.2, 0.25) is 0 Å². The van der Waals surface area contributed by atoms with Crippen LogP contribution in [0.5, 0.6) is 0 Å². The number of hydrogen-bond acceptors (Lipinski definition) is 4. The molecule has 4 nitrogen and oxygen atoms in total. The molecule has 1 fully saturated rings. The van der Waals surface area contributed by atoms with Gasteiger partial charge in [0.2, 0.25) is 5.91 Å². The van der Waals surface area contributed by atoms with E-state index in [1.807, 2.05) is 61.5 Å². The summed E-state index contributed by atoms with van der Waals surface area (Å²) in [5.41, 5.74) is 4.23. The summed E-state index contributed by atoms with van der Waals surface area (Å²) in [6.07, 6.45) is 5.74. The number of aryl methyl sites for hydroxylation is 2. The highest BCUT2D eigenvalue weighted by molar-refractivity contribution is 8.26. The highest BCUT2D eigenvalue weighted by atomic mass is 32.2. The minimum atomic E-state index is -0.0236. The van der Waals surface area contributed by atoms with E-state index in [0.29, 0.717) is 22.2 Å². The van der Waals surface area contributed by atoms with Gasteiger partial charge in [-0.3, -0.25) is 14.5 Å². The van der Waals surface area contributed by atoms with Gasteiger partial charge in [-0.25, -0.2) is 0 Å². The van der Waals surface area contributed by atoms with Gasteiger partial charge in [0.25, 0.3) is 5.91 Å². The quantitative estimate of drug-likeness (QED) is 0.290. The van der Waals surface area contributed by atoms with Crippen LogP contribution in [0.4, 0.5) is 5.69 Å². The Morgan fingerprint density at radius 2 is 1.84 bits per heavy atom. The second-order valence-electron chi connectivity index (χ2n) is 7.61. The zero-order valence-electron chi connectivity index (χ0n) is 18.0. The van der Waals surface area contributed by atoms with Gasteiger partial charge in [-0.05, 0) is 49.5 Å². The largest absolute Gasteiger partial charge is 0.326 e. The topological polar surface area (TPSA) is 49.4 Å². The average molecular weight is 453 g/mol. The maximum absolute atomic E-state index is 12.7. The van der Waals surface area contributed by atoms with Crippen LogP contribution in [0.15, 0.2) is 53.4 Å². The van der Waals surface area contributed by atoms with Gasteiger partial charge in [0.15, 0.2) is 0 Å². The number of nitrogens with one attached hydrogen (secondary N) is 1. The average Bonchev–Trinajstić information content (AvgIpc) is 3.02. The molecule has 1 N–H and O–H groups in total. The molecule has 0 radical (unpaired) electrons. The van der Waals surface area contributed by atoms with Crippen LogP contribution in [0, 0.1) is 6.92 Å². The lowest BCUT2D eigenvalue weighted by atomic mass is 10.1. The number of rotatable bonds is 9. The summed E-state index contributed by atoms with van der Waals surface area (Å²) in [6.45, 7) is 4.71. The molecule has 2 aromatic carbocycles. The number of unbranched alkanes of at least 4 members (excludes halogenated alkanes) is 2. The maximum atomic E-state index is 12.7. The molecule has 0 spiro atoms. The van der Waals surface area contributed by atoms with Gasteiger partial charge in [-0.2, -0.15) is 0 Å². The van der Waals surface area contributed by atoms with Crippen LogP contribution >= 0.6 is 24.0 Å². The molecule has 0 unspecified atom stereocenters. The van der Waals surface area contributed by atoms with E-state index in [-0.39, 0.29) is 11.8 Å². The number of amides is 2. The van der Waals surface area contributed by atoms with E-state index in [4.69, 9.17) is 12.2 Å². The van der Waals surface area contributed by atoms with Crippen molar-refractivity contribution in [3.63, 3.8) is 0 Å². The van der Waals surface area contributed by atoms with Gasteiger partial charge in [0.1, 0.15) is 4.32 Å². The third-order valence-corrected chi connectivity index (χ3v) is 6.58. The van der Waals surface area contributed by atoms with Crippen molar-refractivity contribution in [2.45, 2.75) is 46.0 Å². The number of hydrogen-bond donors (Lipinski definition) is 1. The molecule has 0 saturated carbocycles. The van der Waals surface area contributed by atoms with Crippen molar-refractivity contribution in [1.82, 2.24) is 4.90 Å². The molecule has 0 aliphatic carbocycles. The van der Waals surface area contributed by atoms with Gasteiger partial charge in [-0.15, -0.1) is 0 Å². The summed E-state index contributed by atoms with van der Waals surface area (Å²) in [5.74, 6) is 0.0111. The third-order valence-electron chi connectivity index (χ3n) is 5.21. The monoisotopic (exact) mass is 452 g/mol. The first-order valence-corrected chi connectivity index (χ1v) is 11.9. The molecule has 3 rings (SSSR count). The highest BCUT2D eigenvalue weighted by Gasteiger charge is 2.31. The zero-order chi connectivity index (χ0) is 22.2. The second kappa shape index (κ2) is 11.3.